The van der Waals surface area contributed by atoms with Crippen molar-refractivity contribution in [2.75, 3.05) is 0 Å². The van der Waals surface area contributed by atoms with Crippen LogP contribution in [0.5, 0.6) is 0 Å². The zero-order valence-corrected chi connectivity index (χ0v) is 12.2. The van der Waals surface area contributed by atoms with Gasteiger partial charge in [0.1, 0.15) is 0 Å². The van der Waals surface area contributed by atoms with Gasteiger partial charge in [-0.1, -0.05) is 41.0 Å². The standard InChI is InChI=1S/C15H30O/c1-8-10(2)12(4)14-13(5)11(3)9-15(6,7)16-14/h10-14H,8-9H2,1-7H3. The fourth-order valence-electron chi connectivity index (χ4n) is 3.09. The molecule has 5 unspecified atom stereocenters. The van der Waals surface area contributed by atoms with Crippen molar-refractivity contribution in [1.29, 1.82) is 0 Å². The summed E-state index contributed by atoms with van der Waals surface area (Å²) in [7, 11) is 0. The highest BCUT2D eigenvalue weighted by molar-refractivity contribution is 4.89. The predicted molar refractivity (Wildman–Crippen MR) is 70.5 cm³/mol. The van der Waals surface area contributed by atoms with Crippen LogP contribution in [0.15, 0.2) is 0 Å². The van der Waals surface area contributed by atoms with Gasteiger partial charge in [0, 0.05) is 0 Å². The van der Waals surface area contributed by atoms with Crippen molar-refractivity contribution in [2.45, 2.75) is 73.0 Å². The molecule has 1 aliphatic heterocycles. The van der Waals surface area contributed by atoms with Crippen molar-refractivity contribution in [3.63, 3.8) is 0 Å². The van der Waals surface area contributed by atoms with Gasteiger partial charge in [0.05, 0.1) is 11.7 Å². The molecule has 0 amide bonds. The summed E-state index contributed by atoms with van der Waals surface area (Å²) < 4.78 is 6.34. The largest absolute Gasteiger partial charge is 0.372 e. The first-order chi connectivity index (χ1) is 7.28. The maximum Gasteiger partial charge on any atom is 0.0638 e. The lowest BCUT2D eigenvalue weighted by molar-refractivity contribution is -0.174. The third-order valence-electron chi connectivity index (χ3n) is 4.74. The summed E-state index contributed by atoms with van der Waals surface area (Å²) in [5, 5.41) is 0. The van der Waals surface area contributed by atoms with Crippen LogP contribution in [-0.4, -0.2) is 11.7 Å². The first-order valence-corrected chi connectivity index (χ1v) is 6.96. The molecule has 0 aromatic carbocycles. The quantitative estimate of drug-likeness (QED) is 0.688. The summed E-state index contributed by atoms with van der Waals surface area (Å²) in [6.07, 6.45) is 2.88. The minimum absolute atomic E-state index is 0.0678. The molecule has 0 aliphatic carbocycles. The van der Waals surface area contributed by atoms with E-state index in [1.165, 1.54) is 12.8 Å². The Morgan fingerprint density at radius 1 is 1.25 bits per heavy atom. The molecule has 1 heteroatoms. The summed E-state index contributed by atoms with van der Waals surface area (Å²) in [6.45, 7) is 16.2. The van der Waals surface area contributed by atoms with Gasteiger partial charge in [-0.05, 0) is 43.9 Å². The number of ether oxygens (including phenoxy) is 1. The Balaban J connectivity index is 2.77. The van der Waals surface area contributed by atoms with E-state index in [0.717, 1.165) is 11.8 Å². The second-order valence-electron chi connectivity index (χ2n) is 6.63. The average Bonchev–Trinajstić information content (AvgIpc) is 2.20. The Hall–Kier alpha value is -0.0400. The molecule has 1 nitrogen and oxygen atoms in total. The number of rotatable bonds is 3. The van der Waals surface area contributed by atoms with Crippen LogP contribution in [0.4, 0.5) is 0 Å². The zero-order valence-electron chi connectivity index (χ0n) is 12.2. The van der Waals surface area contributed by atoms with E-state index in [2.05, 4.69) is 48.5 Å². The predicted octanol–water partition coefficient (Wildman–Crippen LogP) is 4.51. The van der Waals surface area contributed by atoms with Crippen LogP contribution >= 0.6 is 0 Å². The van der Waals surface area contributed by atoms with Crippen LogP contribution < -0.4 is 0 Å². The van der Waals surface area contributed by atoms with Crippen LogP contribution in [0.2, 0.25) is 0 Å². The molecule has 1 rings (SSSR count). The van der Waals surface area contributed by atoms with E-state index in [1.807, 2.05) is 0 Å². The van der Waals surface area contributed by atoms with E-state index in [4.69, 9.17) is 4.74 Å². The van der Waals surface area contributed by atoms with Crippen LogP contribution in [0.1, 0.15) is 61.3 Å². The van der Waals surface area contributed by atoms with Gasteiger partial charge in [0.15, 0.2) is 0 Å². The van der Waals surface area contributed by atoms with E-state index >= 15 is 0 Å². The molecule has 16 heavy (non-hydrogen) atoms. The molecule has 0 aromatic rings. The SMILES string of the molecule is CCC(C)C(C)C1OC(C)(C)CC(C)C1C. The van der Waals surface area contributed by atoms with Crippen LogP contribution in [0.3, 0.4) is 0 Å². The van der Waals surface area contributed by atoms with Gasteiger partial charge in [-0.2, -0.15) is 0 Å². The van der Waals surface area contributed by atoms with Crippen molar-refractivity contribution < 1.29 is 4.74 Å². The van der Waals surface area contributed by atoms with Gasteiger partial charge in [-0.15, -0.1) is 0 Å². The van der Waals surface area contributed by atoms with Gasteiger partial charge in [0.25, 0.3) is 0 Å². The van der Waals surface area contributed by atoms with Gasteiger partial charge >= 0.3 is 0 Å². The molecule has 0 aromatic heterocycles. The summed E-state index contributed by atoms with van der Waals surface area (Å²) in [5.41, 5.74) is 0.0678. The summed E-state index contributed by atoms with van der Waals surface area (Å²) in [6, 6.07) is 0. The van der Waals surface area contributed by atoms with Crippen molar-refractivity contribution in [2.24, 2.45) is 23.7 Å². The van der Waals surface area contributed by atoms with Crippen molar-refractivity contribution in [3.05, 3.63) is 0 Å². The van der Waals surface area contributed by atoms with Gasteiger partial charge in [0.2, 0.25) is 0 Å². The van der Waals surface area contributed by atoms with Crippen LogP contribution in [0, 0.1) is 23.7 Å². The van der Waals surface area contributed by atoms with E-state index in [1.54, 1.807) is 0 Å². The van der Waals surface area contributed by atoms with Gasteiger partial charge in [-0.3, -0.25) is 0 Å². The molecule has 0 N–H and O–H groups in total. The molecule has 96 valence electrons. The van der Waals surface area contributed by atoms with Crippen LogP contribution in [0.25, 0.3) is 0 Å². The Kier molecular flexibility index (Phi) is 4.45. The fourth-order valence-corrected chi connectivity index (χ4v) is 3.09. The third kappa shape index (κ3) is 3.00. The monoisotopic (exact) mass is 226 g/mol. The molecule has 0 bridgehead atoms. The Morgan fingerprint density at radius 2 is 1.81 bits per heavy atom. The maximum atomic E-state index is 6.34. The van der Waals surface area contributed by atoms with Crippen LogP contribution in [-0.2, 0) is 4.74 Å². The van der Waals surface area contributed by atoms with Crippen molar-refractivity contribution in [1.82, 2.24) is 0 Å². The van der Waals surface area contributed by atoms with E-state index in [9.17, 15) is 0 Å². The first-order valence-electron chi connectivity index (χ1n) is 6.96. The molecule has 1 saturated heterocycles. The molecule has 1 fully saturated rings. The average molecular weight is 226 g/mol. The molecule has 1 aliphatic rings. The topological polar surface area (TPSA) is 9.23 Å². The Bertz CT molecular complexity index is 221. The lowest BCUT2D eigenvalue weighted by Gasteiger charge is -2.47. The second kappa shape index (κ2) is 5.08. The summed E-state index contributed by atoms with van der Waals surface area (Å²) in [5.74, 6) is 2.90. The summed E-state index contributed by atoms with van der Waals surface area (Å²) in [4.78, 5) is 0. The van der Waals surface area contributed by atoms with Crippen molar-refractivity contribution in [3.8, 4) is 0 Å². The second-order valence-corrected chi connectivity index (χ2v) is 6.63. The molecule has 1 heterocycles. The molecular formula is C15H30O. The normalized spacial score (nSPS) is 38.1. The number of hydrogen-bond donors (Lipinski definition) is 0. The fraction of sp³-hybridized carbons (Fsp3) is 1.00. The zero-order chi connectivity index (χ0) is 12.5. The maximum absolute atomic E-state index is 6.34. The molecule has 0 saturated carbocycles. The third-order valence-corrected chi connectivity index (χ3v) is 4.74. The lowest BCUT2D eigenvalue weighted by Crippen LogP contribution is -2.48. The Labute approximate surface area is 102 Å². The lowest BCUT2D eigenvalue weighted by atomic mass is 9.73. The summed E-state index contributed by atoms with van der Waals surface area (Å²) >= 11 is 0. The minimum atomic E-state index is 0.0678. The highest BCUT2D eigenvalue weighted by Crippen LogP contribution is 2.40. The molecular weight excluding hydrogens is 196 g/mol. The highest BCUT2D eigenvalue weighted by atomic mass is 16.5. The molecule has 0 radical (unpaired) electrons. The smallest absolute Gasteiger partial charge is 0.0638 e. The minimum Gasteiger partial charge on any atom is -0.372 e. The van der Waals surface area contributed by atoms with E-state index in [0.29, 0.717) is 17.9 Å². The Morgan fingerprint density at radius 3 is 2.31 bits per heavy atom. The van der Waals surface area contributed by atoms with Crippen molar-refractivity contribution >= 4 is 0 Å². The van der Waals surface area contributed by atoms with E-state index < -0.39 is 0 Å². The van der Waals surface area contributed by atoms with E-state index in [-0.39, 0.29) is 5.60 Å². The first kappa shape index (κ1) is 14.0. The molecule has 5 atom stereocenters. The molecule has 0 spiro atoms. The highest BCUT2D eigenvalue weighted by Gasteiger charge is 2.41. The van der Waals surface area contributed by atoms with Gasteiger partial charge in [-0.25, -0.2) is 0 Å². The number of hydrogen-bond acceptors (Lipinski definition) is 1. The van der Waals surface area contributed by atoms with Gasteiger partial charge < -0.3 is 4.74 Å².